The zero-order valence-corrected chi connectivity index (χ0v) is 20.6. The molecule has 1 atom stereocenters. The molecule has 38 heavy (non-hydrogen) atoms. The van der Waals surface area contributed by atoms with Gasteiger partial charge in [0.25, 0.3) is 5.56 Å². The van der Waals surface area contributed by atoms with E-state index in [1.807, 2.05) is 36.4 Å². The number of fused-ring (bicyclic) bond motifs is 5. The SMILES string of the molecule is O=C(O)c1ccc(-c2ccc3[nH]c(=O)c(-c4nc5cccnc5[nH]4)c(N[C@H]4CN5CCC4CC5)c3c2)cc1. The molecule has 0 radical (unpaired) electrons. The number of carboxylic acids is 1. The quantitative estimate of drug-likeness (QED) is 0.279. The molecule has 0 saturated carbocycles. The molecule has 3 aliphatic heterocycles. The van der Waals surface area contributed by atoms with Crippen LogP contribution in [0.3, 0.4) is 0 Å². The van der Waals surface area contributed by atoms with E-state index in [4.69, 9.17) is 4.98 Å². The minimum atomic E-state index is -0.957. The molecule has 0 spiro atoms. The number of carboxylic acid groups (broad SMARTS) is 1. The van der Waals surface area contributed by atoms with Gasteiger partial charge in [-0.1, -0.05) is 18.2 Å². The van der Waals surface area contributed by atoms with Crippen LogP contribution in [0, 0.1) is 5.92 Å². The molecule has 4 N–H and O–H groups in total. The van der Waals surface area contributed by atoms with Gasteiger partial charge in [0.15, 0.2) is 5.65 Å². The van der Waals surface area contributed by atoms with Gasteiger partial charge in [-0.3, -0.25) is 4.79 Å². The number of piperidine rings is 3. The van der Waals surface area contributed by atoms with Gasteiger partial charge in [0.1, 0.15) is 16.9 Å². The van der Waals surface area contributed by atoms with Crippen molar-refractivity contribution in [2.24, 2.45) is 5.92 Å². The van der Waals surface area contributed by atoms with Crippen molar-refractivity contribution in [2.75, 3.05) is 25.0 Å². The minimum Gasteiger partial charge on any atom is -0.478 e. The Hall–Kier alpha value is -4.50. The number of hydrogen-bond donors (Lipinski definition) is 4. The van der Waals surface area contributed by atoms with Crippen LogP contribution in [0.15, 0.2) is 65.6 Å². The van der Waals surface area contributed by atoms with Crippen LogP contribution in [0.1, 0.15) is 23.2 Å². The topological polar surface area (TPSA) is 127 Å². The third-order valence-electron chi connectivity index (χ3n) is 7.96. The lowest BCUT2D eigenvalue weighted by Gasteiger charge is -2.45. The fraction of sp³-hybridized carbons (Fsp3) is 0.241. The average Bonchev–Trinajstić information content (AvgIpc) is 3.37. The number of rotatable bonds is 5. The van der Waals surface area contributed by atoms with Gasteiger partial charge in [0, 0.05) is 24.2 Å². The first-order valence-electron chi connectivity index (χ1n) is 12.9. The molecular weight excluding hydrogens is 480 g/mol. The van der Waals surface area contributed by atoms with Crippen LogP contribution >= 0.6 is 0 Å². The maximum atomic E-state index is 13.5. The molecule has 0 amide bonds. The molecule has 3 fully saturated rings. The van der Waals surface area contributed by atoms with Crippen molar-refractivity contribution in [3.05, 3.63) is 76.7 Å². The number of carbonyl (C=O) groups is 1. The lowest BCUT2D eigenvalue weighted by atomic mass is 9.83. The van der Waals surface area contributed by atoms with E-state index in [2.05, 4.69) is 31.2 Å². The van der Waals surface area contributed by atoms with Crippen molar-refractivity contribution in [2.45, 2.75) is 18.9 Å². The van der Waals surface area contributed by atoms with Gasteiger partial charge in [-0.25, -0.2) is 14.8 Å². The van der Waals surface area contributed by atoms with E-state index >= 15 is 0 Å². The molecule has 3 aromatic heterocycles. The summed E-state index contributed by atoms with van der Waals surface area (Å²) in [6.07, 6.45) is 3.98. The molecule has 3 aliphatic rings. The molecule has 5 aromatic rings. The number of nitrogens with zero attached hydrogens (tertiary/aromatic N) is 3. The number of benzene rings is 2. The Morgan fingerprint density at radius 3 is 2.53 bits per heavy atom. The van der Waals surface area contributed by atoms with Crippen molar-refractivity contribution in [3.63, 3.8) is 0 Å². The van der Waals surface area contributed by atoms with E-state index in [1.165, 1.54) is 0 Å². The molecule has 9 nitrogen and oxygen atoms in total. The maximum absolute atomic E-state index is 13.5. The minimum absolute atomic E-state index is 0.223. The Kier molecular flexibility index (Phi) is 5.26. The van der Waals surface area contributed by atoms with E-state index < -0.39 is 5.97 Å². The van der Waals surface area contributed by atoms with Crippen LogP contribution in [-0.2, 0) is 0 Å². The summed E-state index contributed by atoms with van der Waals surface area (Å²) in [7, 11) is 0. The summed E-state index contributed by atoms with van der Waals surface area (Å²) < 4.78 is 0. The molecule has 0 unspecified atom stereocenters. The number of anilines is 1. The predicted molar refractivity (Wildman–Crippen MR) is 146 cm³/mol. The van der Waals surface area contributed by atoms with Crippen LogP contribution in [0.25, 0.3) is 44.6 Å². The maximum Gasteiger partial charge on any atom is 0.335 e. The Bertz CT molecular complexity index is 1720. The Labute approximate surface area is 217 Å². The van der Waals surface area contributed by atoms with Crippen LogP contribution in [0.2, 0.25) is 0 Å². The average molecular weight is 507 g/mol. The Balaban J connectivity index is 1.42. The normalized spacial score (nSPS) is 20.7. The Morgan fingerprint density at radius 1 is 1.03 bits per heavy atom. The molecule has 9 heteroatoms. The third kappa shape index (κ3) is 3.83. The third-order valence-corrected chi connectivity index (χ3v) is 7.96. The summed E-state index contributed by atoms with van der Waals surface area (Å²) in [4.78, 5) is 42.7. The van der Waals surface area contributed by atoms with Crippen LogP contribution < -0.4 is 10.9 Å². The zero-order chi connectivity index (χ0) is 25.8. The first-order valence-corrected chi connectivity index (χ1v) is 12.9. The summed E-state index contributed by atoms with van der Waals surface area (Å²) in [5, 5.41) is 14.0. The molecule has 8 rings (SSSR count). The number of hydrogen-bond acceptors (Lipinski definition) is 6. The molecule has 3 saturated heterocycles. The van der Waals surface area contributed by atoms with Crippen LogP contribution in [-0.4, -0.2) is 61.6 Å². The molecule has 2 bridgehead atoms. The standard InChI is InChI=1S/C29H26N6O3/c36-28-24(27-32-22-2-1-11-30-26(22)34-27)25(31-23-15-35-12-9-17(23)10-13-35)20-14-19(7-8-21(20)33-28)16-3-5-18(6-4-16)29(37)38/h1-8,11,14,17,23H,9-10,12-13,15H2,(H,37,38)(H,30,32,34)(H2,31,33,36)/t23-/m0/s1. The second kappa shape index (κ2) is 8.81. The summed E-state index contributed by atoms with van der Waals surface area (Å²) in [5.41, 5.74) is 5.11. The fourth-order valence-corrected chi connectivity index (χ4v) is 5.93. The fourth-order valence-electron chi connectivity index (χ4n) is 5.93. The van der Waals surface area contributed by atoms with Crippen LogP contribution in [0.5, 0.6) is 0 Å². The van der Waals surface area contributed by atoms with Crippen molar-refractivity contribution in [1.29, 1.82) is 0 Å². The van der Waals surface area contributed by atoms with Crippen molar-refractivity contribution < 1.29 is 9.90 Å². The first-order chi connectivity index (χ1) is 18.5. The molecule has 0 aliphatic carbocycles. The number of nitrogens with one attached hydrogen (secondary N) is 3. The van der Waals surface area contributed by atoms with E-state index in [0.29, 0.717) is 28.5 Å². The van der Waals surface area contributed by atoms with Gasteiger partial charge in [-0.15, -0.1) is 0 Å². The lowest BCUT2D eigenvalue weighted by Crippen LogP contribution is -2.53. The smallest absolute Gasteiger partial charge is 0.335 e. The van der Waals surface area contributed by atoms with Gasteiger partial charge < -0.3 is 25.3 Å². The number of H-pyrrole nitrogens is 2. The second-order valence-corrected chi connectivity index (χ2v) is 10.2. The number of aromatic carboxylic acids is 1. The summed E-state index contributed by atoms with van der Waals surface area (Å²) in [6.45, 7) is 3.19. The predicted octanol–water partition coefficient (Wildman–Crippen LogP) is 4.34. The summed E-state index contributed by atoms with van der Waals surface area (Å²) >= 11 is 0. The zero-order valence-electron chi connectivity index (χ0n) is 20.6. The van der Waals surface area contributed by atoms with Crippen molar-refractivity contribution >= 4 is 33.7 Å². The highest BCUT2D eigenvalue weighted by Crippen LogP contribution is 2.37. The number of pyridine rings is 2. The molecule has 6 heterocycles. The van der Waals surface area contributed by atoms with E-state index in [1.54, 1.807) is 18.3 Å². The number of aromatic nitrogens is 4. The largest absolute Gasteiger partial charge is 0.478 e. The number of imidazole rings is 1. The van der Waals surface area contributed by atoms with Crippen molar-refractivity contribution in [3.8, 4) is 22.5 Å². The second-order valence-electron chi connectivity index (χ2n) is 10.2. The van der Waals surface area contributed by atoms with Gasteiger partial charge in [-0.05, 0) is 79.4 Å². The highest BCUT2D eigenvalue weighted by Gasteiger charge is 2.35. The molecule has 190 valence electrons. The first kappa shape index (κ1) is 22.7. The van der Waals surface area contributed by atoms with Crippen molar-refractivity contribution in [1.82, 2.24) is 24.8 Å². The van der Waals surface area contributed by atoms with Gasteiger partial charge >= 0.3 is 5.97 Å². The van der Waals surface area contributed by atoms with E-state index in [-0.39, 0.29) is 17.2 Å². The van der Waals surface area contributed by atoms with Gasteiger partial charge in [0.05, 0.1) is 16.8 Å². The molecular formula is C29H26N6O3. The van der Waals surface area contributed by atoms with E-state index in [0.717, 1.165) is 60.2 Å². The summed E-state index contributed by atoms with van der Waals surface area (Å²) in [5.74, 6) is 0.0646. The highest BCUT2D eigenvalue weighted by atomic mass is 16.4. The summed E-state index contributed by atoms with van der Waals surface area (Å²) in [6, 6.07) is 16.6. The van der Waals surface area contributed by atoms with E-state index in [9.17, 15) is 14.7 Å². The molecule has 2 aromatic carbocycles. The van der Waals surface area contributed by atoms with Crippen LogP contribution in [0.4, 0.5) is 5.69 Å². The van der Waals surface area contributed by atoms with Gasteiger partial charge in [-0.2, -0.15) is 0 Å². The number of aromatic amines is 2. The van der Waals surface area contributed by atoms with Gasteiger partial charge in [0.2, 0.25) is 0 Å². The Morgan fingerprint density at radius 2 is 1.82 bits per heavy atom. The lowest BCUT2D eigenvalue weighted by molar-refractivity contribution is 0.0697. The highest BCUT2D eigenvalue weighted by molar-refractivity contribution is 6.01. The monoisotopic (exact) mass is 506 g/mol.